The molecule has 0 bridgehead atoms. The van der Waals surface area contributed by atoms with Gasteiger partial charge in [0.25, 0.3) is 0 Å². The quantitative estimate of drug-likeness (QED) is 0.936. The van der Waals surface area contributed by atoms with Crippen LogP contribution in [0.5, 0.6) is 0 Å². The van der Waals surface area contributed by atoms with Crippen LogP contribution < -0.4 is 0 Å². The number of nitrogens with zero attached hydrogens (tertiary/aromatic N) is 2. The summed E-state index contributed by atoms with van der Waals surface area (Å²) in [6.45, 7) is 4.60. The number of ether oxygens (including phenoxy) is 1. The van der Waals surface area contributed by atoms with Crippen molar-refractivity contribution in [3.8, 4) is 0 Å². The summed E-state index contributed by atoms with van der Waals surface area (Å²) in [5.41, 5.74) is 1.81. The van der Waals surface area contributed by atoms with Crippen molar-refractivity contribution in [3.05, 3.63) is 30.2 Å². The van der Waals surface area contributed by atoms with Crippen LogP contribution in [0.25, 0.3) is 11.1 Å². The zero-order valence-electron chi connectivity index (χ0n) is 12.7. The highest BCUT2D eigenvalue weighted by Crippen LogP contribution is 2.33. The van der Waals surface area contributed by atoms with E-state index in [1.807, 2.05) is 24.3 Å². The van der Waals surface area contributed by atoms with E-state index in [1.54, 1.807) is 0 Å². The minimum absolute atomic E-state index is 0.0234. The van der Waals surface area contributed by atoms with E-state index in [0.717, 1.165) is 49.5 Å². The van der Waals surface area contributed by atoms with Crippen molar-refractivity contribution < 1.29 is 14.3 Å². The van der Waals surface area contributed by atoms with Gasteiger partial charge in [-0.2, -0.15) is 0 Å². The topological polar surface area (TPSA) is 58.7 Å². The Hall–Kier alpha value is -1.43. The summed E-state index contributed by atoms with van der Waals surface area (Å²) >= 11 is 0. The molecule has 2 aromatic rings. The minimum atomic E-state index is -0.0234. The number of piperidine rings is 1. The number of rotatable bonds is 4. The van der Waals surface area contributed by atoms with Gasteiger partial charge in [-0.25, -0.2) is 4.98 Å². The Morgan fingerprint density at radius 1 is 1.23 bits per heavy atom. The van der Waals surface area contributed by atoms with E-state index in [0.29, 0.717) is 19.1 Å². The molecule has 4 rings (SSSR count). The molecule has 5 heteroatoms. The van der Waals surface area contributed by atoms with Crippen molar-refractivity contribution in [3.63, 3.8) is 0 Å². The van der Waals surface area contributed by atoms with Gasteiger partial charge in [0.1, 0.15) is 5.52 Å². The molecule has 22 heavy (non-hydrogen) atoms. The number of hydrogen-bond donors (Lipinski definition) is 1. The SMILES string of the molecule is OCC1(CN2CCC(c3nc4ccccc4o3)CC2)COC1. The maximum absolute atomic E-state index is 9.55. The van der Waals surface area contributed by atoms with Crippen LogP contribution in [0.2, 0.25) is 0 Å². The van der Waals surface area contributed by atoms with Gasteiger partial charge in [0.15, 0.2) is 11.5 Å². The highest BCUT2D eigenvalue weighted by atomic mass is 16.5. The van der Waals surface area contributed by atoms with Gasteiger partial charge < -0.3 is 19.2 Å². The normalized spacial score (nSPS) is 22.8. The molecule has 0 aliphatic carbocycles. The van der Waals surface area contributed by atoms with Crippen molar-refractivity contribution in [2.75, 3.05) is 39.5 Å². The fraction of sp³-hybridized carbons (Fsp3) is 0.588. The number of likely N-dealkylation sites (tertiary alicyclic amines) is 1. The van der Waals surface area contributed by atoms with Gasteiger partial charge in [-0.3, -0.25) is 0 Å². The van der Waals surface area contributed by atoms with E-state index in [1.165, 1.54) is 0 Å². The smallest absolute Gasteiger partial charge is 0.198 e. The molecule has 2 aliphatic rings. The zero-order chi connectivity index (χ0) is 15.0. The molecule has 2 aliphatic heterocycles. The fourth-order valence-electron chi connectivity index (χ4n) is 3.50. The molecule has 2 fully saturated rings. The van der Waals surface area contributed by atoms with Crippen molar-refractivity contribution >= 4 is 11.1 Å². The second kappa shape index (κ2) is 5.65. The van der Waals surface area contributed by atoms with Crippen molar-refractivity contribution in [1.82, 2.24) is 9.88 Å². The molecule has 0 unspecified atom stereocenters. The predicted octanol–water partition coefficient (Wildman–Crippen LogP) is 2.02. The van der Waals surface area contributed by atoms with Crippen LogP contribution in [0.1, 0.15) is 24.7 Å². The lowest BCUT2D eigenvalue weighted by atomic mass is 9.85. The first-order valence-electron chi connectivity index (χ1n) is 8.04. The van der Waals surface area contributed by atoms with Crippen molar-refractivity contribution in [1.29, 1.82) is 0 Å². The first-order chi connectivity index (χ1) is 10.8. The lowest BCUT2D eigenvalue weighted by molar-refractivity contribution is -0.149. The Balaban J connectivity index is 1.39. The molecular formula is C17H22N2O3. The second-order valence-electron chi connectivity index (χ2n) is 6.72. The van der Waals surface area contributed by atoms with Gasteiger partial charge in [0.05, 0.1) is 25.2 Å². The molecule has 0 atom stereocenters. The largest absolute Gasteiger partial charge is 0.440 e. The highest BCUT2D eigenvalue weighted by Gasteiger charge is 2.40. The molecule has 1 N–H and O–H groups in total. The third-order valence-electron chi connectivity index (χ3n) is 4.96. The lowest BCUT2D eigenvalue weighted by Gasteiger charge is -2.44. The zero-order valence-corrected chi connectivity index (χ0v) is 12.7. The van der Waals surface area contributed by atoms with E-state index < -0.39 is 0 Å². The number of oxazole rings is 1. The molecule has 1 aromatic heterocycles. The van der Waals surface area contributed by atoms with E-state index in [9.17, 15) is 5.11 Å². The lowest BCUT2D eigenvalue weighted by Crippen LogP contribution is -2.54. The number of benzene rings is 1. The monoisotopic (exact) mass is 302 g/mol. The van der Waals surface area contributed by atoms with Gasteiger partial charge in [0, 0.05) is 12.5 Å². The van der Waals surface area contributed by atoms with Gasteiger partial charge in [-0.1, -0.05) is 12.1 Å². The van der Waals surface area contributed by atoms with Crippen molar-refractivity contribution in [2.24, 2.45) is 5.41 Å². The Bertz CT molecular complexity index is 604. The van der Waals surface area contributed by atoms with E-state index in [4.69, 9.17) is 9.15 Å². The van der Waals surface area contributed by atoms with Crippen molar-refractivity contribution in [2.45, 2.75) is 18.8 Å². The van der Waals surface area contributed by atoms with Crippen LogP contribution in [0.15, 0.2) is 28.7 Å². The summed E-state index contributed by atoms with van der Waals surface area (Å²) in [4.78, 5) is 7.08. The van der Waals surface area contributed by atoms with E-state index >= 15 is 0 Å². The molecule has 5 nitrogen and oxygen atoms in total. The summed E-state index contributed by atoms with van der Waals surface area (Å²) in [6.07, 6.45) is 2.13. The summed E-state index contributed by atoms with van der Waals surface area (Å²) in [5.74, 6) is 1.29. The predicted molar refractivity (Wildman–Crippen MR) is 82.8 cm³/mol. The average molecular weight is 302 g/mol. The summed E-state index contributed by atoms with van der Waals surface area (Å²) in [5, 5.41) is 9.55. The number of hydrogen-bond acceptors (Lipinski definition) is 5. The van der Waals surface area contributed by atoms with Gasteiger partial charge in [-0.05, 0) is 38.1 Å². The van der Waals surface area contributed by atoms with Crippen LogP contribution in [0, 0.1) is 5.41 Å². The first kappa shape index (κ1) is 14.2. The highest BCUT2D eigenvalue weighted by molar-refractivity contribution is 5.72. The first-order valence-corrected chi connectivity index (χ1v) is 8.04. The molecular weight excluding hydrogens is 280 g/mol. The third kappa shape index (κ3) is 2.53. The molecule has 0 spiro atoms. The second-order valence-corrected chi connectivity index (χ2v) is 6.72. The molecule has 1 aromatic carbocycles. The van der Waals surface area contributed by atoms with Crippen LogP contribution in [0.3, 0.4) is 0 Å². The number of para-hydroxylation sites is 2. The van der Waals surface area contributed by atoms with Gasteiger partial charge in [-0.15, -0.1) is 0 Å². The Kier molecular flexibility index (Phi) is 3.64. The van der Waals surface area contributed by atoms with Crippen LogP contribution in [0.4, 0.5) is 0 Å². The maximum atomic E-state index is 9.55. The van der Waals surface area contributed by atoms with Crippen LogP contribution in [-0.2, 0) is 4.74 Å². The molecule has 2 saturated heterocycles. The number of fused-ring (bicyclic) bond motifs is 1. The molecule has 0 radical (unpaired) electrons. The minimum Gasteiger partial charge on any atom is -0.440 e. The fourth-order valence-corrected chi connectivity index (χ4v) is 3.50. The number of aliphatic hydroxyl groups is 1. The summed E-state index contributed by atoms with van der Waals surface area (Å²) in [6, 6.07) is 7.95. The average Bonchev–Trinajstić information content (AvgIpc) is 2.95. The Morgan fingerprint density at radius 2 is 2.00 bits per heavy atom. The molecule has 3 heterocycles. The summed E-state index contributed by atoms with van der Waals surface area (Å²) in [7, 11) is 0. The standard InChI is InChI=1S/C17H22N2O3/c20-10-17(11-21-12-17)9-19-7-5-13(6-8-19)16-18-14-3-1-2-4-15(14)22-16/h1-4,13,20H,5-12H2. The Morgan fingerprint density at radius 3 is 2.64 bits per heavy atom. The molecule has 118 valence electrons. The van der Waals surface area contributed by atoms with Gasteiger partial charge in [0.2, 0.25) is 0 Å². The van der Waals surface area contributed by atoms with E-state index in [-0.39, 0.29) is 12.0 Å². The number of aromatic nitrogens is 1. The van der Waals surface area contributed by atoms with Crippen LogP contribution in [-0.4, -0.2) is 54.4 Å². The maximum Gasteiger partial charge on any atom is 0.198 e. The third-order valence-corrected chi connectivity index (χ3v) is 4.96. The van der Waals surface area contributed by atoms with Gasteiger partial charge >= 0.3 is 0 Å². The molecule has 0 saturated carbocycles. The Labute approximate surface area is 129 Å². The van der Waals surface area contributed by atoms with E-state index in [2.05, 4.69) is 9.88 Å². The van der Waals surface area contributed by atoms with Crippen LogP contribution >= 0.6 is 0 Å². The molecule has 0 amide bonds. The number of aliphatic hydroxyl groups excluding tert-OH is 1. The summed E-state index contributed by atoms with van der Waals surface area (Å²) < 4.78 is 11.2.